The molecule has 0 aromatic carbocycles. The van der Waals surface area contributed by atoms with E-state index >= 15 is 0 Å². The van der Waals surface area contributed by atoms with Gasteiger partial charge in [-0.1, -0.05) is 6.92 Å². The van der Waals surface area contributed by atoms with Crippen LogP contribution in [-0.4, -0.2) is 36.0 Å². The first-order valence-corrected chi connectivity index (χ1v) is 6.52. The van der Waals surface area contributed by atoms with Crippen molar-refractivity contribution in [2.24, 2.45) is 0 Å². The summed E-state index contributed by atoms with van der Waals surface area (Å²) in [6.45, 7) is 11.7. The minimum absolute atomic E-state index is 0.0841. The van der Waals surface area contributed by atoms with Gasteiger partial charge in [-0.05, 0) is 41.0 Å². The fourth-order valence-electron chi connectivity index (χ4n) is 1.24. The number of carbonyl (C=O) groups excluding carboxylic acids is 2. The molecule has 0 radical (unpaired) electrons. The molecular weight excluding hydrogens is 230 g/mol. The number of carbonyl (C=O) groups is 2. The number of hydrogen-bond acceptors (Lipinski definition) is 3. The molecule has 106 valence electrons. The fourth-order valence-corrected chi connectivity index (χ4v) is 1.24. The third-order valence-corrected chi connectivity index (χ3v) is 2.76. The summed E-state index contributed by atoms with van der Waals surface area (Å²) < 4.78 is 0. The third kappa shape index (κ3) is 7.27. The van der Waals surface area contributed by atoms with E-state index in [1.807, 2.05) is 34.6 Å². The third-order valence-electron chi connectivity index (χ3n) is 2.76. The molecule has 0 aliphatic heterocycles. The maximum absolute atomic E-state index is 11.8. The highest BCUT2D eigenvalue weighted by Gasteiger charge is 2.21. The Bertz CT molecular complexity index is 288. The largest absolute Gasteiger partial charge is 0.353 e. The summed E-state index contributed by atoms with van der Waals surface area (Å²) in [7, 11) is 0. The summed E-state index contributed by atoms with van der Waals surface area (Å²) in [4.78, 5) is 23.3. The molecule has 1 unspecified atom stereocenters. The molecule has 5 heteroatoms. The van der Waals surface area contributed by atoms with E-state index < -0.39 is 0 Å². The average Bonchev–Trinajstić information content (AvgIpc) is 2.24. The summed E-state index contributed by atoms with van der Waals surface area (Å²) in [5.74, 6) is -0.182. The van der Waals surface area contributed by atoms with Gasteiger partial charge in [-0.15, -0.1) is 0 Å². The second-order valence-corrected chi connectivity index (χ2v) is 5.55. The number of nitrogens with one attached hydrogen (secondary N) is 3. The standard InChI is InChI=1S/C13H27N3O2/c1-7-13(5,6)16-12(18)10(4)14-8-11(17)15-9(2)3/h9-10,14H,7-8H2,1-6H3,(H,15,17)(H,16,18). The number of hydrogen-bond donors (Lipinski definition) is 3. The van der Waals surface area contributed by atoms with Gasteiger partial charge in [-0.2, -0.15) is 0 Å². The lowest BCUT2D eigenvalue weighted by molar-refractivity contribution is -0.125. The van der Waals surface area contributed by atoms with Gasteiger partial charge in [0.05, 0.1) is 12.6 Å². The first-order valence-electron chi connectivity index (χ1n) is 6.52. The van der Waals surface area contributed by atoms with Crippen molar-refractivity contribution >= 4 is 11.8 Å². The molecule has 0 aliphatic carbocycles. The Morgan fingerprint density at radius 3 is 2.17 bits per heavy atom. The molecule has 0 bridgehead atoms. The van der Waals surface area contributed by atoms with Crippen molar-refractivity contribution in [1.29, 1.82) is 0 Å². The maximum atomic E-state index is 11.8. The molecule has 0 rings (SSSR count). The minimum atomic E-state index is -0.381. The predicted molar refractivity (Wildman–Crippen MR) is 73.3 cm³/mol. The molecule has 5 nitrogen and oxygen atoms in total. The van der Waals surface area contributed by atoms with Crippen LogP contribution in [0.1, 0.15) is 48.0 Å². The predicted octanol–water partition coefficient (Wildman–Crippen LogP) is 0.794. The van der Waals surface area contributed by atoms with E-state index in [-0.39, 0.29) is 36.0 Å². The molecular formula is C13H27N3O2. The van der Waals surface area contributed by atoms with E-state index in [0.717, 1.165) is 6.42 Å². The van der Waals surface area contributed by atoms with E-state index in [1.54, 1.807) is 6.92 Å². The zero-order valence-corrected chi connectivity index (χ0v) is 12.4. The van der Waals surface area contributed by atoms with Gasteiger partial charge in [-0.25, -0.2) is 0 Å². The normalized spacial score (nSPS) is 13.3. The van der Waals surface area contributed by atoms with Gasteiger partial charge in [0.15, 0.2) is 0 Å². The van der Waals surface area contributed by atoms with Gasteiger partial charge in [0, 0.05) is 11.6 Å². The Kier molecular flexibility index (Phi) is 6.91. The fraction of sp³-hybridized carbons (Fsp3) is 0.846. The van der Waals surface area contributed by atoms with Crippen LogP contribution in [-0.2, 0) is 9.59 Å². The first-order chi connectivity index (χ1) is 8.18. The number of amides is 2. The summed E-state index contributed by atoms with van der Waals surface area (Å²) in [6, 6.07) is -0.267. The SMILES string of the molecule is CCC(C)(C)NC(=O)C(C)NCC(=O)NC(C)C. The van der Waals surface area contributed by atoms with E-state index in [1.165, 1.54) is 0 Å². The molecule has 0 saturated carbocycles. The van der Waals surface area contributed by atoms with E-state index in [2.05, 4.69) is 16.0 Å². The Hall–Kier alpha value is -1.10. The lowest BCUT2D eigenvalue weighted by Crippen LogP contribution is -2.52. The molecule has 0 aromatic rings. The van der Waals surface area contributed by atoms with Crippen molar-refractivity contribution in [1.82, 2.24) is 16.0 Å². The highest BCUT2D eigenvalue weighted by Crippen LogP contribution is 2.06. The van der Waals surface area contributed by atoms with Crippen LogP contribution in [0.25, 0.3) is 0 Å². The van der Waals surface area contributed by atoms with E-state index in [4.69, 9.17) is 0 Å². The molecule has 0 aromatic heterocycles. The van der Waals surface area contributed by atoms with Crippen LogP contribution < -0.4 is 16.0 Å². The lowest BCUT2D eigenvalue weighted by atomic mass is 10.0. The molecule has 1 atom stereocenters. The topological polar surface area (TPSA) is 70.2 Å². The maximum Gasteiger partial charge on any atom is 0.237 e. The van der Waals surface area contributed by atoms with Crippen molar-refractivity contribution in [3.8, 4) is 0 Å². The zero-order valence-electron chi connectivity index (χ0n) is 12.4. The van der Waals surface area contributed by atoms with Gasteiger partial charge in [0.25, 0.3) is 0 Å². The molecule has 0 fully saturated rings. The van der Waals surface area contributed by atoms with Crippen molar-refractivity contribution < 1.29 is 9.59 Å². The highest BCUT2D eigenvalue weighted by molar-refractivity contribution is 5.83. The summed E-state index contributed by atoms with van der Waals surface area (Å²) in [5.41, 5.74) is -0.215. The second kappa shape index (κ2) is 7.36. The quantitative estimate of drug-likeness (QED) is 0.631. The average molecular weight is 257 g/mol. The summed E-state index contributed by atoms with van der Waals surface area (Å²) in [5, 5.41) is 8.61. The van der Waals surface area contributed by atoms with E-state index in [9.17, 15) is 9.59 Å². The molecule has 0 heterocycles. The molecule has 0 spiro atoms. The first kappa shape index (κ1) is 16.9. The summed E-state index contributed by atoms with van der Waals surface area (Å²) >= 11 is 0. The van der Waals surface area contributed by atoms with Crippen LogP contribution in [0.2, 0.25) is 0 Å². The molecule has 2 amide bonds. The Morgan fingerprint density at radius 2 is 1.72 bits per heavy atom. The Balaban J connectivity index is 4.06. The van der Waals surface area contributed by atoms with Crippen molar-refractivity contribution in [3.05, 3.63) is 0 Å². The monoisotopic (exact) mass is 257 g/mol. The second-order valence-electron chi connectivity index (χ2n) is 5.55. The summed E-state index contributed by atoms with van der Waals surface area (Å²) in [6.07, 6.45) is 0.860. The molecule has 18 heavy (non-hydrogen) atoms. The smallest absolute Gasteiger partial charge is 0.237 e. The van der Waals surface area contributed by atoms with Crippen molar-refractivity contribution in [3.63, 3.8) is 0 Å². The lowest BCUT2D eigenvalue weighted by Gasteiger charge is -2.26. The van der Waals surface area contributed by atoms with Crippen LogP contribution in [0.4, 0.5) is 0 Å². The zero-order chi connectivity index (χ0) is 14.3. The van der Waals surface area contributed by atoms with Crippen LogP contribution in [0, 0.1) is 0 Å². The van der Waals surface area contributed by atoms with Gasteiger partial charge >= 0.3 is 0 Å². The van der Waals surface area contributed by atoms with Crippen LogP contribution in [0.15, 0.2) is 0 Å². The molecule has 3 N–H and O–H groups in total. The van der Waals surface area contributed by atoms with Gasteiger partial charge in [-0.3, -0.25) is 14.9 Å². The van der Waals surface area contributed by atoms with Crippen LogP contribution >= 0.6 is 0 Å². The van der Waals surface area contributed by atoms with Gasteiger partial charge < -0.3 is 10.6 Å². The van der Waals surface area contributed by atoms with Crippen LogP contribution in [0.5, 0.6) is 0 Å². The Morgan fingerprint density at radius 1 is 1.17 bits per heavy atom. The minimum Gasteiger partial charge on any atom is -0.353 e. The Labute approximate surface area is 110 Å². The van der Waals surface area contributed by atoms with Crippen LogP contribution in [0.3, 0.4) is 0 Å². The van der Waals surface area contributed by atoms with Crippen molar-refractivity contribution in [2.45, 2.75) is 65.6 Å². The van der Waals surface area contributed by atoms with Gasteiger partial charge in [0.2, 0.25) is 11.8 Å². The van der Waals surface area contributed by atoms with Crippen molar-refractivity contribution in [2.75, 3.05) is 6.54 Å². The molecule has 0 aliphatic rings. The van der Waals surface area contributed by atoms with E-state index in [0.29, 0.717) is 0 Å². The highest BCUT2D eigenvalue weighted by atomic mass is 16.2. The van der Waals surface area contributed by atoms with Gasteiger partial charge in [0.1, 0.15) is 0 Å². The molecule has 0 saturated heterocycles. The number of rotatable bonds is 7.